The third kappa shape index (κ3) is 5.96. The number of nitrogens with zero attached hydrogens (tertiary/aromatic N) is 1. The smallest absolute Gasteiger partial charge is 0.235 e. The van der Waals surface area contributed by atoms with Crippen LogP contribution in [0.15, 0.2) is 30.3 Å². The van der Waals surface area contributed by atoms with Gasteiger partial charge in [0.25, 0.3) is 0 Å². The summed E-state index contributed by atoms with van der Waals surface area (Å²) in [5.74, 6) is -0.464. The summed E-state index contributed by atoms with van der Waals surface area (Å²) < 4.78 is 11.6. The molecule has 2 atom stereocenters. The molecule has 2 N–H and O–H groups in total. The van der Waals surface area contributed by atoms with E-state index in [-0.39, 0.29) is 17.4 Å². The minimum absolute atomic E-state index is 0.0819. The molecule has 0 aliphatic rings. The Labute approximate surface area is 115 Å². The van der Waals surface area contributed by atoms with E-state index in [0.717, 1.165) is 5.56 Å². The first-order valence-electron chi connectivity index (χ1n) is 5.94. The Morgan fingerprint density at radius 2 is 2.00 bits per heavy atom. The largest absolute Gasteiger partial charge is 0.394 e. The summed E-state index contributed by atoms with van der Waals surface area (Å²) in [6.45, 7) is 0.0131. The van der Waals surface area contributed by atoms with E-state index in [1.807, 2.05) is 30.3 Å². The normalized spacial score (nSPS) is 13.8. The topological polar surface area (TPSA) is 77.8 Å². The van der Waals surface area contributed by atoms with Crippen LogP contribution in [0.3, 0.4) is 0 Å². The highest BCUT2D eigenvalue weighted by atomic mass is 32.2. The predicted molar refractivity (Wildman–Crippen MR) is 73.9 cm³/mol. The van der Waals surface area contributed by atoms with E-state index >= 15 is 0 Å². The molecule has 1 aromatic carbocycles. The van der Waals surface area contributed by atoms with Crippen molar-refractivity contribution in [3.63, 3.8) is 0 Å². The van der Waals surface area contributed by atoms with E-state index in [1.54, 1.807) is 7.05 Å². The second-order valence-corrected chi connectivity index (χ2v) is 5.82. The van der Waals surface area contributed by atoms with Crippen molar-refractivity contribution >= 4 is 16.7 Å². The van der Waals surface area contributed by atoms with Gasteiger partial charge in [0.2, 0.25) is 5.91 Å². The van der Waals surface area contributed by atoms with Gasteiger partial charge in [-0.2, -0.15) is 0 Å². The minimum atomic E-state index is -1.46. The zero-order valence-corrected chi connectivity index (χ0v) is 11.7. The molecular formula is C13H19NO4S. The fourth-order valence-corrected chi connectivity index (χ4v) is 2.67. The zero-order valence-electron chi connectivity index (χ0n) is 10.9. The highest BCUT2D eigenvalue weighted by Gasteiger charge is 2.15. The van der Waals surface area contributed by atoms with Crippen LogP contribution in [0.1, 0.15) is 5.56 Å². The molecule has 0 saturated carbocycles. The fraction of sp³-hybridized carbons (Fsp3) is 0.462. The van der Waals surface area contributed by atoms with E-state index in [4.69, 9.17) is 10.2 Å². The lowest BCUT2D eigenvalue weighted by Gasteiger charge is -2.17. The Morgan fingerprint density at radius 3 is 2.58 bits per heavy atom. The number of carbonyl (C=O) groups excluding carboxylic acids is 1. The van der Waals surface area contributed by atoms with Crippen LogP contribution in [0.25, 0.3) is 0 Å². The van der Waals surface area contributed by atoms with Crippen molar-refractivity contribution in [2.24, 2.45) is 0 Å². The first-order valence-corrected chi connectivity index (χ1v) is 7.43. The van der Waals surface area contributed by atoms with Gasteiger partial charge in [0.05, 0.1) is 18.5 Å². The van der Waals surface area contributed by atoms with Gasteiger partial charge in [-0.3, -0.25) is 9.00 Å². The standard InChI is InChI=1S/C13H19NO4S/c1-14(7-11-5-3-2-4-6-11)13(17)10-19(18)9-12(16)8-15/h2-6,12,15-16H,7-10H2,1H3. The van der Waals surface area contributed by atoms with Crippen LogP contribution in [0.2, 0.25) is 0 Å². The van der Waals surface area contributed by atoms with Gasteiger partial charge >= 0.3 is 0 Å². The number of carbonyl (C=O) groups is 1. The molecule has 0 aliphatic heterocycles. The third-order valence-electron chi connectivity index (χ3n) is 2.56. The highest BCUT2D eigenvalue weighted by molar-refractivity contribution is 7.85. The lowest BCUT2D eigenvalue weighted by molar-refractivity contribution is -0.127. The number of benzene rings is 1. The summed E-state index contributed by atoms with van der Waals surface area (Å²) in [6.07, 6.45) is -1.03. The van der Waals surface area contributed by atoms with E-state index in [1.165, 1.54) is 4.90 Å². The molecule has 0 fully saturated rings. The van der Waals surface area contributed by atoms with Gasteiger partial charge < -0.3 is 15.1 Å². The third-order valence-corrected chi connectivity index (χ3v) is 3.89. The Bertz CT molecular complexity index is 424. The molecule has 2 unspecified atom stereocenters. The summed E-state index contributed by atoms with van der Waals surface area (Å²) in [4.78, 5) is 13.3. The van der Waals surface area contributed by atoms with Crippen molar-refractivity contribution in [1.82, 2.24) is 4.90 Å². The number of amides is 1. The SMILES string of the molecule is CN(Cc1ccccc1)C(=O)CS(=O)CC(O)CO. The molecule has 19 heavy (non-hydrogen) atoms. The molecule has 0 saturated heterocycles. The first kappa shape index (κ1) is 15.8. The lowest BCUT2D eigenvalue weighted by Crippen LogP contribution is -2.33. The molecule has 1 rings (SSSR count). The van der Waals surface area contributed by atoms with Crippen LogP contribution in [0.4, 0.5) is 0 Å². The van der Waals surface area contributed by atoms with Crippen LogP contribution in [0.5, 0.6) is 0 Å². The van der Waals surface area contributed by atoms with Crippen LogP contribution in [0, 0.1) is 0 Å². The summed E-state index contributed by atoms with van der Waals surface area (Å²) >= 11 is 0. The molecule has 0 spiro atoms. The van der Waals surface area contributed by atoms with Gasteiger partial charge in [0.15, 0.2) is 0 Å². The van der Waals surface area contributed by atoms with Crippen molar-refractivity contribution in [2.75, 3.05) is 25.2 Å². The van der Waals surface area contributed by atoms with Crippen molar-refractivity contribution in [1.29, 1.82) is 0 Å². The molecule has 0 radical (unpaired) electrons. The van der Waals surface area contributed by atoms with Crippen LogP contribution >= 0.6 is 0 Å². The maximum absolute atomic E-state index is 11.8. The number of rotatable bonds is 7. The second kappa shape index (κ2) is 8.04. The molecular weight excluding hydrogens is 266 g/mol. The van der Waals surface area contributed by atoms with Gasteiger partial charge in [-0.05, 0) is 5.56 Å². The Kier molecular flexibility index (Phi) is 6.69. The number of aliphatic hydroxyl groups is 2. The molecule has 1 amide bonds. The predicted octanol–water partition coefficient (Wildman–Crippen LogP) is -0.253. The van der Waals surface area contributed by atoms with Crippen molar-refractivity contribution in [2.45, 2.75) is 12.6 Å². The van der Waals surface area contributed by atoms with Crippen molar-refractivity contribution in [3.8, 4) is 0 Å². The monoisotopic (exact) mass is 285 g/mol. The average Bonchev–Trinajstić information content (AvgIpc) is 2.39. The summed E-state index contributed by atoms with van der Waals surface area (Å²) in [6, 6.07) is 9.51. The van der Waals surface area contributed by atoms with Gasteiger partial charge in [-0.1, -0.05) is 30.3 Å². The highest BCUT2D eigenvalue weighted by Crippen LogP contribution is 2.03. The Morgan fingerprint density at radius 1 is 1.37 bits per heavy atom. The van der Waals surface area contributed by atoms with Crippen LogP contribution < -0.4 is 0 Å². The summed E-state index contributed by atoms with van der Waals surface area (Å²) in [7, 11) is 0.188. The maximum Gasteiger partial charge on any atom is 0.235 e. The average molecular weight is 285 g/mol. The zero-order chi connectivity index (χ0) is 14.3. The second-order valence-electron chi connectivity index (χ2n) is 4.32. The van der Waals surface area contributed by atoms with Crippen LogP contribution in [-0.2, 0) is 22.1 Å². The number of aliphatic hydroxyl groups excluding tert-OH is 2. The molecule has 0 aromatic heterocycles. The molecule has 1 aromatic rings. The fourth-order valence-electron chi connectivity index (χ4n) is 1.52. The van der Waals surface area contributed by atoms with E-state index in [9.17, 15) is 9.00 Å². The molecule has 0 bridgehead atoms. The molecule has 106 valence electrons. The van der Waals surface area contributed by atoms with E-state index in [0.29, 0.717) is 6.54 Å². The molecule has 6 heteroatoms. The summed E-state index contributed by atoms with van der Waals surface area (Å²) in [5, 5.41) is 17.8. The Balaban J connectivity index is 2.43. The van der Waals surface area contributed by atoms with Gasteiger partial charge in [0.1, 0.15) is 5.75 Å². The number of hydrogen-bond acceptors (Lipinski definition) is 4. The minimum Gasteiger partial charge on any atom is -0.394 e. The lowest BCUT2D eigenvalue weighted by atomic mass is 10.2. The van der Waals surface area contributed by atoms with Gasteiger partial charge in [-0.15, -0.1) is 0 Å². The van der Waals surface area contributed by atoms with Gasteiger partial charge in [-0.25, -0.2) is 0 Å². The molecule has 0 heterocycles. The van der Waals surface area contributed by atoms with Crippen molar-refractivity contribution < 1.29 is 19.2 Å². The summed E-state index contributed by atoms with van der Waals surface area (Å²) in [5.41, 5.74) is 1.000. The molecule has 0 aliphatic carbocycles. The molecule has 5 nitrogen and oxygen atoms in total. The van der Waals surface area contributed by atoms with E-state index in [2.05, 4.69) is 0 Å². The van der Waals surface area contributed by atoms with E-state index < -0.39 is 23.5 Å². The quantitative estimate of drug-likeness (QED) is 0.724. The maximum atomic E-state index is 11.8. The Hall–Kier alpha value is -1.24. The van der Waals surface area contributed by atoms with Crippen molar-refractivity contribution in [3.05, 3.63) is 35.9 Å². The first-order chi connectivity index (χ1) is 9.02. The van der Waals surface area contributed by atoms with Gasteiger partial charge in [0, 0.05) is 24.4 Å². The number of hydrogen-bond donors (Lipinski definition) is 2. The van der Waals surface area contributed by atoms with Crippen LogP contribution in [-0.4, -0.2) is 56.5 Å².